The minimum absolute atomic E-state index is 0.257. The van der Waals surface area contributed by atoms with Crippen LogP contribution in [0, 0.1) is 5.92 Å². The van der Waals surface area contributed by atoms with Crippen LogP contribution in [0.5, 0.6) is 0 Å². The molecule has 0 aromatic heterocycles. The average molecular weight is 240 g/mol. The summed E-state index contributed by atoms with van der Waals surface area (Å²) in [4.78, 5) is 23.1. The van der Waals surface area contributed by atoms with Crippen molar-refractivity contribution in [2.75, 3.05) is 13.2 Å². The largest absolute Gasteiger partial charge is 0.465 e. The van der Waals surface area contributed by atoms with Crippen LogP contribution in [-0.4, -0.2) is 25.2 Å². The van der Waals surface area contributed by atoms with Crippen LogP contribution in [0.25, 0.3) is 0 Å². The Morgan fingerprint density at radius 1 is 1.06 bits per heavy atom. The van der Waals surface area contributed by atoms with E-state index in [2.05, 4.69) is 0 Å². The lowest BCUT2D eigenvalue weighted by atomic mass is 10.1. The van der Waals surface area contributed by atoms with Crippen molar-refractivity contribution in [3.8, 4) is 0 Å². The Morgan fingerprint density at radius 2 is 1.59 bits per heavy atom. The molecule has 0 rings (SSSR count). The lowest BCUT2D eigenvalue weighted by molar-refractivity contribution is -0.161. The van der Waals surface area contributed by atoms with Crippen LogP contribution in [0.15, 0.2) is 24.3 Å². The van der Waals surface area contributed by atoms with Crippen molar-refractivity contribution in [1.82, 2.24) is 0 Å². The number of esters is 2. The van der Waals surface area contributed by atoms with Crippen molar-refractivity contribution in [3.05, 3.63) is 24.3 Å². The van der Waals surface area contributed by atoms with Crippen molar-refractivity contribution >= 4 is 11.9 Å². The molecule has 0 fully saturated rings. The Morgan fingerprint density at radius 3 is 2.00 bits per heavy atom. The van der Waals surface area contributed by atoms with Gasteiger partial charge in [0, 0.05) is 0 Å². The maximum absolute atomic E-state index is 11.5. The second-order valence-corrected chi connectivity index (χ2v) is 3.25. The molecule has 0 N–H and O–H groups in total. The molecule has 0 aliphatic heterocycles. The summed E-state index contributed by atoms with van der Waals surface area (Å²) in [5.41, 5.74) is 0. The van der Waals surface area contributed by atoms with Gasteiger partial charge in [-0.25, -0.2) is 0 Å². The van der Waals surface area contributed by atoms with Crippen LogP contribution in [0.3, 0.4) is 0 Å². The van der Waals surface area contributed by atoms with Gasteiger partial charge in [0.15, 0.2) is 5.92 Å². The molecule has 0 aliphatic carbocycles. The smallest absolute Gasteiger partial charge is 0.320 e. The zero-order valence-electron chi connectivity index (χ0n) is 10.6. The van der Waals surface area contributed by atoms with Gasteiger partial charge in [-0.15, -0.1) is 0 Å². The van der Waals surface area contributed by atoms with Gasteiger partial charge >= 0.3 is 11.9 Å². The summed E-state index contributed by atoms with van der Waals surface area (Å²) in [6, 6.07) is 0. The van der Waals surface area contributed by atoms with Gasteiger partial charge in [-0.1, -0.05) is 24.3 Å². The van der Waals surface area contributed by atoms with Gasteiger partial charge in [0.05, 0.1) is 13.2 Å². The topological polar surface area (TPSA) is 52.6 Å². The fourth-order valence-electron chi connectivity index (χ4n) is 1.18. The molecule has 96 valence electrons. The van der Waals surface area contributed by atoms with E-state index in [4.69, 9.17) is 9.47 Å². The molecule has 0 spiro atoms. The van der Waals surface area contributed by atoms with E-state index in [0.29, 0.717) is 6.42 Å². The van der Waals surface area contributed by atoms with Crippen molar-refractivity contribution < 1.29 is 19.1 Å². The fourth-order valence-corrected chi connectivity index (χ4v) is 1.18. The van der Waals surface area contributed by atoms with Gasteiger partial charge < -0.3 is 9.47 Å². The minimum atomic E-state index is -0.864. The highest BCUT2D eigenvalue weighted by atomic mass is 16.6. The normalized spacial score (nSPS) is 11.3. The predicted octanol–water partition coefficient (Wildman–Crippen LogP) is 2.25. The second-order valence-electron chi connectivity index (χ2n) is 3.25. The third-order valence-corrected chi connectivity index (χ3v) is 1.95. The highest BCUT2D eigenvalue weighted by Crippen LogP contribution is 2.10. The Balaban J connectivity index is 4.49. The maximum Gasteiger partial charge on any atom is 0.320 e. The molecule has 0 saturated carbocycles. The Kier molecular flexibility index (Phi) is 8.74. The Bertz CT molecular complexity index is 274. The van der Waals surface area contributed by atoms with Gasteiger partial charge in [0.2, 0.25) is 0 Å². The van der Waals surface area contributed by atoms with E-state index in [9.17, 15) is 9.59 Å². The lowest BCUT2D eigenvalue weighted by Gasteiger charge is -2.12. The SMILES string of the molecule is CC=CC=CCC(C(=O)OCC)C(=O)OCC. The van der Waals surface area contributed by atoms with E-state index < -0.39 is 17.9 Å². The van der Waals surface area contributed by atoms with E-state index in [1.54, 1.807) is 26.0 Å². The maximum atomic E-state index is 11.5. The molecule has 4 nitrogen and oxygen atoms in total. The van der Waals surface area contributed by atoms with Crippen LogP contribution in [0.4, 0.5) is 0 Å². The molecular formula is C13H20O4. The van der Waals surface area contributed by atoms with Crippen LogP contribution < -0.4 is 0 Å². The molecule has 0 aromatic carbocycles. The zero-order chi connectivity index (χ0) is 13.1. The third kappa shape index (κ3) is 6.56. The number of carbonyl (C=O) groups excluding carboxylic acids is 2. The van der Waals surface area contributed by atoms with Gasteiger partial charge in [0.25, 0.3) is 0 Å². The molecule has 17 heavy (non-hydrogen) atoms. The summed E-state index contributed by atoms with van der Waals surface area (Å²) >= 11 is 0. The number of carbonyl (C=O) groups is 2. The molecule has 0 amide bonds. The Labute approximate surface area is 102 Å². The van der Waals surface area contributed by atoms with Crippen LogP contribution in [0.1, 0.15) is 27.2 Å². The van der Waals surface area contributed by atoms with Gasteiger partial charge in [-0.3, -0.25) is 9.59 Å². The number of allylic oxidation sites excluding steroid dienone is 4. The third-order valence-electron chi connectivity index (χ3n) is 1.95. The number of rotatable bonds is 7. The van der Waals surface area contributed by atoms with E-state index in [-0.39, 0.29) is 13.2 Å². The predicted molar refractivity (Wildman–Crippen MR) is 65.3 cm³/mol. The minimum Gasteiger partial charge on any atom is -0.465 e. The van der Waals surface area contributed by atoms with Crippen molar-refractivity contribution in [3.63, 3.8) is 0 Å². The molecule has 0 aromatic rings. The van der Waals surface area contributed by atoms with Crippen molar-refractivity contribution in [1.29, 1.82) is 0 Å². The van der Waals surface area contributed by atoms with E-state index in [1.165, 1.54) is 0 Å². The quantitative estimate of drug-likeness (QED) is 0.389. The first-order valence-corrected chi connectivity index (χ1v) is 5.78. The highest BCUT2D eigenvalue weighted by Gasteiger charge is 2.27. The summed E-state index contributed by atoms with van der Waals surface area (Å²) in [5.74, 6) is -1.93. The van der Waals surface area contributed by atoms with Crippen LogP contribution >= 0.6 is 0 Å². The number of ether oxygens (including phenoxy) is 2. The zero-order valence-corrected chi connectivity index (χ0v) is 10.6. The first-order valence-electron chi connectivity index (χ1n) is 5.78. The van der Waals surface area contributed by atoms with Gasteiger partial charge in [-0.2, -0.15) is 0 Å². The fraction of sp³-hybridized carbons (Fsp3) is 0.538. The summed E-state index contributed by atoms with van der Waals surface area (Å²) in [7, 11) is 0. The molecule has 0 heterocycles. The summed E-state index contributed by atoms with van der Waals surface area (Å²) < 4.78 is 9.67. The summed E-state index contributed by atoms with van der Waals surface area (Å²) in [6.45, 7) is 5.81. The van der Waals surface area contributed by atoms with Crippen LogP contribution in [0.2, 0.25) is 0 Å². The van der Waals surface area contributed by atoms with Gasteiger partial charge in [-0.05, 0) is 27.2 Å². The average Bonchev–Trinajstić information content (AvgIpc) is 2.29. The second kappa shape index (κ2) is 9.63. The van der Waals surface area contributed by atoms with E-state index in [0.717, 1.165) is 0 Å². The van der Waals surface area contributed by atoms with Crippen molar-refractivity contribution in [2.24, 2.45) is 5.92 Å². The van der Waals surface area contributed by atoms with Crippen LogP contribution in [-0.2, 0) is 19.1 Å². The number of hydrogen-bond acceptors (Lipinski definition) is 4. The number of hydrogen-bond donors (Lipinski definition) is 0. The first kappa shape index (κ1) is 15.4. The molecule has 0 bridgehead atoms. The monoisotopic (exact) mass is 240 g/mol. The van der Waals surface area contributed by atoms with E-state index >= 15 is 0 Å². The molecule has 4 heteroatoms. The Hall–Kier alpha value is -1.58. The molecule has 0 atom stereocenters. The molecule has 0 saturated heterocycles. The van der Waals surface area contributed by atoms with Gasteiger partial charge in [0.1, 0.15) is 0 Å². The molecule has 0 aliphatic rings. The van der Waals surface area contributed by atoms with Crippen molar-refractivity contribution in [2.45, 2.75) is 27.2 Å². The standard InChI is InChI=1S/C13H20O4/c1-4-7-8-9-10-11(12(14)16-5-2)13(15)17-6-3/h4,7-9,11H,5-6,10H2,1-3H3. The van der Waals surface area contributed by atoms with E-state index in [1.807, 2.05) is 19.1 Å². The summed E-state index contributed by atoms with van der Waals surface area (Å²) in [5, 5.41) is 0. The molecule has 0 unspecified atom stereocenters. The lowest BCUT2D eigenvalue weighted by Crippen LogP contribution is -2.27. The highest BCUT2D eigenvalue weighted by molar-refractivity contribution is 5.95. The summed E-state index contributed by atoms with van der Waals surface area (Å²) in [6.07, 6.45) is 7.51. The molecular weight excluding hydrogens is 220 g/mol. The first-order chi connectivity index (χ1) is 8.17. The molecule has 0 radical (unpaired) electrons.